The summed E-state index contributed by atoms with van der Waals surface area (Å²) < 4.78 is 5.92. The van der Waals surface area contributed by atoms with Crippen molar-refractivity contribution in [1.82, 2.24) is 5.32 Å². The molecule has 2 nitrogen and oxygen atoms in total. The lowest BCUT2D eigenvalue weighted by molar-refractivity contribution is 0.0201. The van der Waals surface area contributed by atoms with E-state index in [-0.39, 0.29) is 0 Å². The molecule has 0 bridgehead atoms. The highest BCUT2D eigenvalue weighted by Gasteiger charge is 2.31. The van der Waals surface area contributed by atoms with Crippen molar-refractivity contribution in [3.8, 4) is 0 Å². The van der Waals surface area contributed by atoms with Crippen LogP contribution in [0.5, 0.6) is 0 Å². The zero-order valence-corrected chi connectivity index (χ0v) is 8.75. The summed E-state index contributed by atoms with van der Waals surface area (Å²) in [7, 11) is 0. The molecule has 1 N–H and O–H groups in total. The third kappa shape index (κ3) is 2.05. The molecular formula is C11H21NO. The second-order valence-electron chi connectivity index (χ2n) is 4.82. The monoisotopic (exact) mass is 183 g/mol. The van der Waals surface area contributed by atoms with Gasteiger partial charge in [0, 0.05) is 12.6 Å². The van der Waals surface area contributed by atoms with Crippen LogP contribution >= 0.6 is 0 Å². The lowest BCUT2D eigenvalue weighted by atomic mass is 10.1. The maximum absolute atomic E-state index is 5.92. The van der Waals surface area contributed by atoms with Gasteiger partial charge >= 0.3 is 0 Å². The fraction of sp³-hybridized carbons (Fsp3) is 1.00. The Bertz CT molecular complexity index is 155. The van der Waals surface area contributed by atoms with E-state index < -0.39 is 0 Å². The molecule has 0 aromatic carbocycles. The van der Waals surface area contributed by atoms with Crippen molar-refractivity contribution in [2.75, 3.05) is 13.2 Å². The van der Waals surface area contributed by atoms with Gasteiger partial charge in [0.2, 0.25) is 0 Å². The minimum atomic E-state index is 0.436. The second-order valence-corrected chi connectivity index (χ2v) is 4.82. The molecule has 3 unspecified atom stereocenters. The molecule has 1 aliphatic carbocycles. The zero-order valence-electron chi connectivity index (χ0n) is 8.75. The summed E-state index contributed by atoms with van der Waals surface area (Å²) in [5, 5.41) is 3.65. The maximum atomic E-state index is 5.92. The smallest absolute Gasteiger partial charge is 0.0722 e. The van der Waals surface area contributed by atoms with E-state index in [4.69, 9.17) is 4.74 Å². The summed E-state index contributed by atoms with van der Waals surface area (Å²) in [4.78, 5) is 0. The highest BCUT2D eigenvalue weighted by atomic mass is 16.5. The van der Waals surface area contributed by atoms with Crippen molar-refractivity contribution in [3.05, 3.63) is 0 Å². The summed E-state index contributed by atoms with van der Waals surface area (Å²) in [6.45, 7) is 6.53. The fourth-order valence-corrected chi connectivity index (χ4v) is 2.51. The van der Waals surface area contributed by atoms with Crippen molar-refractivity contribution in [1.29, 1.82) is 0 Å². The van der Waals surface area contributed by atoms with Gasteiger partial charge in [-0.15, -0.1) is 0 Å². The predicted molar refractivity (Wildman–Crippen MR) is 53.7 cm³/mol. The Balaban J connectivity index is 1.91. The average molecular weight is 183 g/mol. The van der Waals surface area contributed by atoms with E-state index in [1.165, 1.54) is 19.3 Å². The third-order valence-corrected chi connectivity index (χ3v) is 3.51. The Morgan fingerprint density at radius 3 is 2.92 bits per heavy atom. The Morgan fingerprint density at radius 2 is 2.15 bits per heavy atom. The minimum Gasteiger partial charge on any atom is -0.376 e. The molecule has 76 valence electrons. The lowest BCUT2D eigenvalue weighted by Crippen LogP contribution is -2.36. The molecule has 0 amide bonds. The summed E-state index contributed by atoms with van der Waals surface area (Å²) in [6, 6.07) is 0.753. The summed E-state index contributed by atoms with van der Waals surface area (Å²) in [5.74, 6) is 1.44. The van der Waals surface area contributed by atoms with Crippen LogP contribution < -0.4 is 5.32 Å². The Kier molecular flexibility index (Phi) is 2.89. The summed E-state index contributed by atoms with van der Waals surface area (Å²) in [6.07, 6.45) is 4.55. The first-order chi connectivity index (χ1) is 6.27. The van der Waals surface area contributed by atoms with Gasteiger partial charge in [0.15, 0.2) is 0 Å². The van der Waals surface area contributed by atoms with Crippen LogP contribution in [0.3, 0.4) is 0 Å². The molecule has 1 aliphatic heterocycles. The lowest BCUT2D eigenvalue weighted by Gasteiger charge is -2.19. The molecule has 1 saturated heterocycles. The molecule has 1 heterocycles. The summed E-state index contributed by atoms with van der Waals surface area (Å²) in [5.41, 5.74) is 0. The van der Waals surface area contributed by atoms with Crippen molar-refractivity contribution in [2.24, 2.45) is 11.8 Å². The normalized spacial score (nSPS) is 40.4. The SMILES string of the molecule is CC(C)C1CNC2CCCC2CO1. The van der Waals surface area contributed by atoms with Gasteiger partial charge in [-0.3, -0.25) is 0 Å². The van der Waals surface area contributed by atoms with Crippen LogP contribution in [0.4, 0.5) is 0 Å². The van der Waals surface area contributed by atoms with Gasteiger partial charge < -0.3 is 10.1 Å². The molecule has 2 fully saturated rings. The molecule has 2 rings (SSSR count). The van der Waals surface area contributed by atoms with Gasteiger partial charge in [-0.2, -0.15) is 0 Å². The Hall–Kier alpha value is -0.0800. The first kappa shape index (κ1) is 9.47. The van der Waals surface area contributed by atoms with Crippen molar-refractivity contribution >= 4 is 0 Å². The molecule has 2 heteroatoms. The van der Waals surface area contributed by atoms with Crippen LogP contribution in [-0.2, 0) is 4.74 Å². The Labute approximate surface area is 81.0 Å². The Morgan fingerprint density at radius 1 is 1.31 bits per heavy atom. The van der Waals surface area contributed by atoms with Crippen LogP contribution in [0.15, 0.2) is 0 Å². The molecule has 13 heavy (non-hydrogen) atoms. The van der Waals surface area contributed by atoms with Gasteiger partial charge in [-0.25, -0.2) is 0 Å². The van der Waals surface area contributed by atoms with E-state index in [2.05, 4.69) is 19.2 Å². The van der Waals surface area contributed by atoms with E-state index in [0.29, 0.717) is 12.0 Å². The van der Waals surface area contributed by atoms with E-state index in [1.54, 1.807) is 0 Å². The first-order valence-electron chi connectivity index (χ1n) is 5.62. The van der Waals surface area contributed by atoms with Crippen LogP contribution in [0.2, 0.25) is 0 Å². The minimum absolute atomic E-state index is 0.436. The van der Waals surface area contributed by atoms with Gasteiger partial charge in [-0.05, 0) is 24.7 Å². The quantitative estimate of drug-likeness (QED) is 0.669. The second kappa shape index (κ2) is 3.97. The van der Waals surface area contributed by atoms with Crippen molar-refractivity contribution in [3.63, 3.8) is 0 Å². The highest BCUT2D eigenvalue weighted by molar-refractivity contribution is 4.86. The van der Waals surface area contributed by atoms with Gasteiger partial charge in [0.05, 0.1) is 12.7 Å². The van der Waals surface area contributed by atoms with Crippen LogP contribution in [0.25, 0.3) is 0 Å². The first-order valence-corrected chi connectivity index (χ1v) is 5.62. The summed E-state index contributed by atoms with van der Waals surface area (Å²) >= 11 is 0. The number of fused-ring (bicyclic) bond motifs is 1. The number of ether oxygens (including phenoxy) is 1. The van der Waals surface area contributed by atoms with E-state index in [9.17, 15) is 0 Å². The van der Waals surface area contributed by atoms with E-state index in [0.717, 1.165) is 25.1 Å². The molecule has 1 saturated carbocycles. The molecular weight excluding hydrogens is 162 g/mol. The maximum Gasteiger partial charge on any atom is 0.0722 e. The highest BCUT2D eigenvalue weighted by Crippen LogP contribution is 2.28. The third-order valence-electron chi connectivity index (χ3n) is 3.51. The van der Waals surface area contributed by atoms with Crippen molar-refractivity contribution in [2.45, 2.75) is 45.3 Å². The van der Waals surface area contributed by atoms with Crippen LogP contribution in [0, 0.1) is 11.8 Å². The van der Waals surface area contributed by atoms with Crippen molar-refractivity contribution < 1.29 is 4.74 Å². The van der Waals surface area contributed by atoms with E-state index >= 15 is 0 Å². The van der Waals surface area contributed by atoms with Crippen LogP contribution in [0.1, 0.15) is 33.1 Å². The van der Waals surface area contributed by atoms with Gasteiger partial charge in [-0.1, -0.05) is 20.3 Å². The average Bonchev–Trinajstić information content (AvgIpc) is 2.44. The molecule has 0 radical (unpaired) electrons. The number of hydrogen-bond donors (Lipinski definition) is 1. The molecule has 0 aromatic rings. The molecule has 3 atom stereocenters. The number of hydrogen-bond acceptors (Lipinski definition) is 2. The molecule has 0 aromatic heterocycles. The van der Waals surface area contributed by atoms with Gasteiger partial charge in [0.25, 0.3) is 0 Å². The largest absolute Gasteiger partial charge is 0.376 e. The molecule has 0 spiro atoms. The predicted octanol–water partition coefficient (Wildman–Crippen LogP) is 1.80. The molecule has 2 aliphatic rings. The van der Waals surface area contributed by atoms with Gasteiger partial charge in [0.1, 0.15) is 0 Å². The van der Waals surface area contributed by atoms with E-state index in [1.807, 2.05) is 0 Å². The number of rotatable bonds is 1. The number of nitrogens with one attached hydrogen (secondary N) is 1. The fourth-order valence-electron chi connectivity index (χ4n) is 2.51. The van der Waals surface area contributed by atoms with Crippen LogP contribution in [-0.4, -0.2) is 25.3 Å². The standard InChI is InChI=1S/C11H21NO/c1-8(2)11-6-12-10-5-3-4-9(10)7-13-11/h8-12H,3-7H2,1-2H3. The topological polar surface area (TPSA) is 21.3 Å². The zero-order chi connectivity index (χ0) is 9.26.